The highest BCUT2D eigenvalue weighted by Gasteiger charge is 2.09. The van der Waals surface area contributed by atoms with Gasteiger partial charge in [0.15, 0.2) is 0 Å². The summed E-state index contributed by atoms with van der Waals surface area (Å²) in [7, 11) is 0. The first-order chi connectivity index (χ1) is 8.63. The maximum Gasteiger partial charge on any atom is 0.312 e. The van der Waals surface area contributed by atoms with Crippen LogP contribution in [0.4, 0.5) is 0 Å². The van der Waals surface area contributed by atoms with Gasteiger partial charge >= 0.3 is 5.97 Å². The minimum atomic E-state index is -0.975. The van der Waals surface area contributed by atoms with Crippen LogP contribution in [0.25, 0.3) is 0 Å². The quantitative estimate of drug-likeness (QED) is 0.916. The second kappa shape index (κ2) is 5.77. The van der Waals surface area contributed by atoms with Crippen molar-refractivity contribution in [2.24, 2.45) is 0 Å². The van der Waals surface area contributed by atoms with Crippen LogP contribution in [0.1, 0.15) is 17.3 Å². The van der Waals surface area contributed by atoms with Gasteiger partial charge in [-0.25, -0.2) is 0 Å². The van der Waals surface area contributed by atoms with E-state index in [1.807, 2.05) is 24.3 Å². The molecule has 0 saturated heterocycles. The van der Waals surface area contributed by atoms with E-state index >= 15 is 0 Å². The first-order valence-electron chi connectivity index (χ1n) is 5.41. The lowest BCUT2D eigenvalue weighted by molar-refractivity contribution is -0.136. The van der Waals surface area contributed by atoms with Crippen LogP contribution < -0.4 is 0 Å². The zero-order valence-corrected chi connectivity index (χ0v) is 11.1. The summed E-state index contributed by atoms with van der Waals surface area (Å²) < 4.78 is 6.26. The van der Waals surface area contributed by atoms with Crippen molar-refractivity contribution in [1.29, 1.82) is 0 Å². The van der Waals surface area contributed by atoms with Crippen LogP contribution in [-0.2, 0) is 24.1 Å². The number of nitrogens with zero attached hydrogens (tertiary/aromatic N) is 2. The van der Waals surface area contributed by atoms with Crippen molar-refractivity contribution >= 4 is 21.9 Å². The van der Waals surface area contributed by atoms with Gasteiger partial charge in [0.2, 0.25) is 11.8 Å². The van der Waals surface area contributed by atoms with Crippen LogP contribution in [0, 0.1) is 0 Å². The van der Waals surface area contributed by atoms with E-state index in [-0.39, 0.29) is 12.3 Å². The summed E-state index contributed by atoms with van der Waals surface area (Å²) in [6.07, 6.45) is 1.14. The summed E-state index contributed by atoms with van der Waals surface area (Å²) in [5, 5.41) is 16.1. The molecule has 0 saturated carbocycles. The monoisotopic (exact) mass is 310 g/mol. The number of rotatable bonds is 5. The average Bonchev–Trinajstić information content (AvgIpc) is 2.73. The fourth-order valence-electron chi connectivity index (χ4n) is 1.53. The van der Waals surface area contributed by atoms with Crippen molar-refractivity contribution in [2.45, 2.75) is 19.3 Å². The molecule has 0 aliphatic heterocycles. The Kier molecular flexibility index (Phi) is 4.09. The number of hydrogen-bond acceptors (Lipinski definition) is 4. The molecular weight excluding hydrogens is 300 g/mol. The van der Waals surface area contributed by atoms with Gasteiger partial charge in [0, 0.05) is 10.9 Å². The Hall–Kier alpha value is -1.69. The highest BCUT2D eigenvalue weighted by Crippen LogP contribution is 2.13. The van der Waals surface area contributed by atoms with Crippen LogP contribution in [0.5, 0.6) is 0 Å². The van der Waals surface area contributed by atoms with E-state index in [9.17, 15) is 4.79 Å². The first kappa shape index (κ1) is 12.8. The lowest BCUT2D eigenvalue weighted by Gasteiger charge is -1.98. The largest absolute Gasteiger partial charge is 0.481 e. The maximum atomic E-state index is 10.5. The van der Waals surface area contributed by atoms with E-state index < -0.39 is 5.97 Å². The summed E-state index contributed by atoms with van der Waals surface area (Å²) in [5.41, 5.74) is 1.15. The van der Waals surface area contributed by atoms with Crippen molar-refractivity contribution in [2.75, 3.05) is 0 Å². The third-order valence-electron chi connectivity index (χ3n) is 2.33. The lowest BCUT2D eigenvalue weighted by atomic mass is 10.1. The third-order valence-corrected chi connectivity index (χ3v) is 2.82. The van der Waals surface area contributed by atoms with Crippen molar-refractivity contribution in [1.82, 2.24) is 10.2 Å². The molecule has 1 aromatic carbocycles. The van der Waals surface area contributed by atoms with Gasteiger partial charge in [0.1, 0.15) is 6.42 Å². The Morgan fingerprint density at radius 2 is 2.06 bits per heavy atom. The Balaban J connectivity index is 1.94. The molecular formula is C12H11BrN2O3. The van der Waals surface area contributed by atoms with Crippen LogP contribution in [-0.4, -0.2) is 21.3 Å². The molecule has 5 nitrogen and oxygen atoms in total. The summed E-state index contributed by atoms with van der Waals surface area (Å²) in [5.74, 6) is -0.366. The predicted octanol–water partition coefficient (Wildman–Crippen LogP) is 2.24. The minimum Gasteiger partial charge on any atom is -0.481 e. The van der Waals surface area contributed by atoms with Gasteiger partial charge in [-0.1, -0.05) is 28.1 Å². The second-order valence-corrected chi connectivity index (χ2v) is 4.71. The van der Waals surface area contributed by atoms with E-state index in [1.54, 1.807) is 0 Å². The number of aryl methyl sites for hydroxylation is 2. The van der Waals surface area contributed by atoms with Gasteiger partial charge in [0.05, 0.1) is 0 Å². The molecule has 2 rings (SSSR count). The molecule has 1 N–H and O–H groups in total. The van der Waals surface area contributed by atoms with Gasteiger partial charge in [-0.15, -0.1) is 10.2 Å². The van der Waals surface area contributed by atoms with E-state index in [4.69, 9.17) is 9.52 Å². The number of halogens is 1. The number of hydrogen-bond donors (Lipinski definition) is 1. The van der Waals surface area contributed by atoms with Gasteiger partial charge in [-0.3, -0.25) is 4.79 Å². The molecule has 0 radical (unpaired) electrons. The normalized spacial score (nSPS) is 10.5. The lowest BCUT2D eigenvalue weighted by Crippen LogP contribution is -1.99. The molecule has 0 atom stereocenters. The van der Waals surface area contributed by atoms with E-state index in [1.165, 1.54) is 0 Å². The molecule has 0 amide bonds. The number of carboxylic acid groups (broad SMARTS) is 1. The number of carboxylic acids is 1. The fourth-order valence-corrected chi connectivity index (χ4v) is 1.98. The first-order valence-corrected chi connectivity index (χ1v) is 6.20. The summed E-state index contributed by atoms with van der Waals surface area (Å²) in [6, 6.07) is 7.96. The second-order valence-electron chi connectivity index (χ2n) is 3.79. The molecule has 0 bridgehead atoms. The molecule has 0 unspecified atom stereocenters. The van der Waals surface area contributed by atoms with Gasteiger partial charge in [-0.2, -0.15) is 0 Å². The Bertz CT molecular complexity index is 554. The van der Waals surface area contributed by atoms with Crippen molar-refractivity contribution in [3.05, 3.63) is 46.1 Å². The minimum absolute atomic E-state index is 0.145. The molecule has 94 valence electrons. The van der Waals surface area contributed by atoms with Crippen LogP contribution in [0.2, 0.25) is 0 Å². The molecule has 6 heteroatoms. The van der Waals surface area contributed by atoms with Crippen LogP contribution >= 0.6 is 15.9 Å². The zero-order chi connectivity index (χ0) is 13.0. The maximum absolute atomic E-state index is 10.5. The smallest absolute Gasteiger partial charge is 0.312 e. The number of aliphatic carboxylic acids is 1. The van der Waals surface area contributed by atoms with Crippen molar-refractivity contribution in [3.63, 3.8) is 0 Å². The van der Waals surface area contributed by atoms with E-state index in [0.29, 0.717) is 12.3 Å². The predicted molar refractivity (Wildman–Crippen MR) is 67.2 cm³/mol. The van der Waals surface area contributed by atoms with Crippen LogP contribution in [0.3, 0.4) is 0 Å². The van der Waals surface area contributed by atoms with Crippen molar-refractivity contribution in [3.8, 4) is 0 Å². The number of aromatic nitrogens is 2. The van der Waals surface area contributed by atoms with Gasteiger partial charge in [-0.05, 0) is 24.1 Å². The molecule has 0 fully saturated rings. The molecule has 0 aliphatic rings. The summed E-state index contributed by atoms with van der Waals surface area (Å²) in [6.45, 7) is 0. The number of benzene rings is 1. The number of carbonyl (C=O) groups is 1. The van der Waals surface area contributed by atoms with Gasteiger partial charge in [0.25, 0.3) is 0 Å². The molecule has 1 aromatic heterocycles. The Morgan fingerprint density at radius 1 is 1.28 bits per heavy atom. The highest BCUT2D eigenvalue weighted by molar-refractivity contribution is 9.10. The molecule has 18 heavy (non-hydrogen) atoms. The Morgan fingerprint density at radius 3 is 2.78 bits per heavy atom. The van der Waals surface area contributed by atoms with E-state index in [2.05, 4.69) is 26.1 Å². The molecule has 0 spiro atoms. The zero-order valence-electron chi connectivity index (χ0n) is 9.47. The summed E-state index contributed by atoms with van der Waals surface area (Å²) >= 11 is 3.40. The molecule has 0 aliphatic carbocycles. The van der Waals surface area contributed by atoms with Gasteiger partial charge < -0.3 is 9.52 Å². The average molecular weight is 311 g/mol. The SMILES string of the molecule is O=C(O)Cc1nnc(CCc2cccc(Br)c2)o1. The topological polar surface area (TPSA) is 76.2 Å². The standard InChI is InChI=1S/C12H11BrN2O3/c13-9-3-1-2-8(6-9)4-5-10-14-15-11(18-10)7-12(16)17/h1-3,6H,4-5,7H2,(H,16,17). The highest BCUT2D eigenvalue weighted by atomic mass is 79.9. The van der Waals surface area contributed by atoms with E-state index in [0.717, 1.165) is 16.5 Å². The van der Waals surface area contributed by atoms with Crippen LogP contribution in [0.15, 0.2) is 33.2 Å². The molecule has 2 aromatic rings. The fraction of sp³-hybridized carbons (Fsp3) is 0.250. The third kappa shape index (κ3) is 3.66. The Labute approximate surface area is 112 Å². The van der Waals surface area contributed by atoms with Crippen molar-refractivity contribution < 1.29 is 14.3 Å². The molecule has 1 heterocycles. The summed E-state index contributed by atoms with van der Waals surface area (Å²) in [4.78, 5) is 10.5.